The van der Waals surface area contributed by atoms with E-state index in [1.54, 1.807) is 24.3 Å². The zero-order valence-electron chi connectivity index (χ0n) is 11.9. The molecule has 0 aliphatic carbocycles. The highest BCUT2D eigenvalue weighted by molar-refractivity contribution is 6.29. The van der Waals surface area contributed by atoms with Crippen LogP contribution in [0.15, 0.2) is 48.5 Å². The van der Waals surface area contributed by atoms with E-state index >= 15 is 0 Å². The molecule has 24 heavy (non-hydrogen) atoms. The van der Waals surface area contributed by atoms with Crippen molar-refractivity contribution >= 4 is 28.2 Å². The van der Waals surface area contributed by atoms with Crippen molar-refractivity contribution in [1.29, 1.82) is 0 Å². The Labute approximate surface area is 138 Å². The second kappa shape index (κ2) is 5.17. The van der Waals surface area contributed by atoms with Crippen LogP contribution in [-0.2, 0) is 6.18 Å². The highest BCUT2D eigenvalue weighted by Crippen LogP contribution is 2.36. The lowest BCUT2D eigenvalue weighted by Crippen LogP contribution is -2.07. The van der Waals surface area contributed by atoms with Crippen molar-refractivity contribution in [3.63, 3.8) is 0 Å². The van der Waals surface area contributed by atoms with Crippen LogP contribution in [0.5, 0.6) is 0 Å². The maximum Gasteiger partial charge on any atom is 0.417 e. The van der Waals surface area contributed by atoms with Gasteiger partial charge in [-0.3, -0.25) is 0 Å². The van der Waals surface area contributed by atoms with E-state index in [-0.39, 0.29) is 16.7 Å². The molecule has 4 aromatic rings. The Morgan fingerprint density at radius 3 is 2.42 bits per heavy atom. The van der Waals surface area contributed by atoms with E-state index in [1.807, 2.05) is 0 Å². The van der Waals surface area contributed by atoms with E-state index in [1.165, 1.54) is 22.7 Å². The first-order valence-electron chi connectivity index (χ1n) is 6.93. The molecule has 2 heterocycles. The third-order valence-corrected chi connectivity index (χ3v) is 3.86. The van der Waals surface area contributed by atoms with E-state index in [0.29, 0.717) is 16.6 Å². The van der Waals surface area contributed by atoms with Gasteiger partial charge in [-0.2, -0.15) is 17.7 Å². The minimum absolute atomic E-state index is 0.0342. The number of aromatic nitrogens is 4. The van der Waals surface area contributed by atoms with Gasteiger partial charge in [0.1, 0.15) is 0 Å². The highest BCUT2D eigenvalue weighted by atomic mass is 35.5. The summed E-state index contributed by atoms with van der Waals surface area (Å²) >= 11 is 6.09. The largest absolute Gasteiger partial charge is 0.417 e. The van der Waals surface area contributed by atoms with Gasteiger partial charge in [0.2, 0.25) is 5.28 Å². The molecule has 0 bridgehead atoms. The predicted molar refractivity (Wildman–Crippen MR) is 83.7 cm³/mol. The van der Waals surface area contributed by atoms with Crippen molar-refractivity contribution in [3.05, 3.63) is 59.4 Å². The molecular weight excluding hydrogens is 341 g/mol. The number of rotatable bonds is 1. The Kier molecular flexibility index (Phi) is 3.21. The zero-order valence-corrected chi connectivity index (χ0v) is 12.7. The van der Waals surface area contributed by atoms with Crippen molar-refractivity contribution in [2.75, 3.05) is 0 Å². The van der Waals surface area contributed by atoms with E-state index in [4.69, 9.17) is 11.6 Å². The van der Waals surface area contributed by atoms with E-state index in [2.05, 4.69) is 15.1 Å². The lowest BCUT2D eigenvalue weighted by Gasteiger charge is -2.09. The third kappa shape index (κ3) is 2.28. The lowest BCUT2D eigenvalue weighted by atomic mass is 10.1. The van der Waals surface area contributed by atoms with Crippen LogP contribution in [0, 0.1) is 0 Å². The molecule has 120 valence electrons. The number of halogens is 4. The maximum atomic E-state index is 13.2. The molecule has 0 amide bonds. The molecule has 0 aliphatic heterocycles. The molecule has 2 aromatic heterocycles. The van der Waals surface area contributed by atoms with Gasteiger partial charge in [-0.25, -0.2) is 9.97 Å². The second-order valence-corrected chi connectivity index (χ2v) is 5.45. The standard InChI is InChI=1S/C16H8ClF3N4/c17-15-21-12-8-4-2-6-10(12)14-22-13(23-24(14)15)9-5-1-3-7-11(9)16(18,19)20/h1-8H. The van der Waals surface area contributed by atoms with Gasteiger partial charge in [-0.15, -0.1) is 5.10 Å². The van der Waals surface area contributed by atoms with E-state index in [9.17, 15) is 13.2 Å². The van der Waals surface area contributed by atoms with Gasteiger partial charge in [0, 0.05) is 10.9 Å². The normalized spacial score (nSPS) is 12.2. The van der Waals surface area contributed by atoms with Crippen LogP contribution in [0.3, 0.4) is 0 Å². The summed E-state index contributed by atoms with van der Waals surface area (Å²) in [6.07, 6.45) is -4.50. The molecule has 4 nitrogen and oxygen atoms in total. The molecular formula is C16H8ClF3N4. The predicted octanol–water partition coefficient (Wildman–Crippen LogP) is 4.62. The molecule has 0 atom stereocenters. The van der Waals surface area contributed by atoms with Gasteiger partial charge in [0.15, 0.2) is 11.5 Å². The highest BCUT2D eigenvalue weighted by Gasteiger charge is 2.34. The van der Waals surface area contributed by atoms with Crippen LogP contribution in [0.4, 0.5) is 13.2 Å². The van der Waals surface area contributed by atoms with Crippen LogP contribution < -0.4 is 0 Å². The second-order valence-electron chi connectivity index (χ2n) is 5.11. The molecule has 8 heteroatoms. The fraction of sp³-hybridized carbons (Fsp3) is 0.0625. The average Bonchev–Trinajstić information content (AvgIpc) is 3.00. The van der Waals surface area contributed by atoms with Crippen molar-refractivity contribution in [2.24, 2.45) is 0 Å². The number of nitrogens with zero attached hydrogens (tertiary/aromatic N) is 4. The van der Waals surface area contributed by atoms with Crippen molar-refractivity contribution in [1.82, 2.24) is 19.6 Å². The minimum atomic E-state index is -4.50. The molecule has 0 fully saturated rings. The molecule has 0 unspecified atom stereocenters. The zero-order chi connectivity index (χ0) is 16.9. The van der Waals surface area contributed by atoms with Gasteiger partial charge in [0.05, 0.1) is 11.1 Å². The molecule has 2 aromatic carbocycles. The smallest absolute Gasteiger partial charge is 0.218 e. The molecule has 0 saturated carbocycles. The molecule has 4 rings (SSSR count). The number of benzene rings is 2. The van der Waals surface area contributed by atoms with Gasteiger partial charge in [-0.05, 0) is 29.8 Å². The van der Waals surface area contributed by atoms with Crippen molar-refractivity contribution < 1.29 is 13.2 Å². The van der Waals surface area contributed by atoms with Gasteiger partial charge < -0.3 is 0 Å². The monoisotopic (exact) mass is 348 g/mol. The number of para-hydroxylation sites is 1. The first-order chi connectivity index (χ1) is 11.4. The van der Waals surface area contributed by atoms with Gasteiger partial charge in [0.25, 0.3) is 0 Å². The number of hydrogen-bond donors (Lipinski definition) is 0. The molecule has 0 radical (unpaired) electrons. The summed E-state index contributed by atoms with van der Waals surface area (Å²) < 4.78 is 40.9. The molecule has 0 saturated heterocycles. The summed E-state index contributed by atoms with van der Waals surface area (Å²) in [5.74, 6) is -0.0528. The van der Waals surface area contributed by atoms with Crippen molar-refractivity contribution in [2.45, 2.75) is 6.18 Å². The lowest BCUT2D eigenvalue weighted by molar-refractivity contribution is -0.137. The summed E-state index contributed by atoms with van der Waals surface area (Å²) in [4.78, 5) is 8.46. The number of hydrogen-bond acceptors (Lipinski definition) is 3. The Hall–Kier alpha value is -2.67. The molecule has 0 spiro atoms. The maximum absolute atomic E-state index is 13.2. The summed E-state index contributed by atoms with van der Waals surface area (Å²) in [5.41, 5.74) is 0.0544. The Bertz CT molecular complexity index is 1070. The number of alkyl halides is 3. The number of fused-ring (bicyclic) bond motifs is 3. The average molecular weight is 349 g/mol. The van der Waals surface area contributed by atoms with Gasteiger partial charge in [-0.1, -0.05) is 30.3 Å². The van der Waals surface area contributed by atoms with Crippen LogP contribution in [0.1, 0.15) is 5.56 Å². The topological polar surface area (TPSA) is 43.1 Å². The van der Waals surface area contributed by atoms with Crippen molar-refractivity contribution in [3.8, 4) is 11.4 Å². The SMILES string of the molecule is FC(F)(F)c1ccccc1-c1nc2c3ccccc3nc(Cl)n2n1. The van der Waals surface area contributed by atoms with E-state index in [0.717, 1.165) is 6.07 Å². The Morgan fingerprint density at radius 1 is 0.917 bits per heavy atom. The van der Waals surface area contributed by atoms with Gasteiger partial charge >= 0.3 is 6.18 Å². The fourth-order valence-electron chi connectivity index (χ4n) is 2.56. The minimum Gasteiger partial charge on any atom is -0.218 e. The van der Waals surface area contributed by atoms with Crippen LogP contribution in [-0.4, -0.2) is 19.6 Å². The van der Waals surface area contributed by atoms with Crippen LogP contribution in [0.25, 0.3) is 27.9 Å². The Balaban J connectivity index is 2.04. The summed E-state index contributed by atoms with van der Waals surface area (Å²) in [6.45, 7) is 0. The summed E-state index contributed by atoms with van der Waals surface area (Å²) in [5, 5.41) is 4.81. The summed E-state index contributed by atoms with van der Waals surface area (Å²) in [7, 11) is 0. The molecule has 0 N–H and O–H groups in total. The fourth-order valence-corrected chi connectivity index (χ4v) is 2.77. The Morgan fingerprint density at radius 2 is 1.62 bits per heavy atom. The first kappa shape index (κ1) is 14.9. The summed E-state index contributed by atoms with van der Waals surface area (Å²) in [6, 6.07) is 12.3. The quantitative estimate of drug-likeness (QED) is 0.471. The molecule has 0 aliphatic rings. The first-order valence-corrected chi connectivity index (χ1v) is 7.30. The van der Waals surface area contributed by atoms with Crippen LogP contribution in [0.2, 0.25) is 5.28 Å². The third-order valence-electron chi connectivity index (χ3n) is 3.61. The van der Waals surface area contributed by atoms with Crippen LogP contribution >= 0.6 is 11.6 Å². The van der Waals surface area contributed by atoms with E-state index < -0.39 is 11.7 Å².